The molecular weight excluding hydrogens is 1880 g/mol. The van der Waals surface area contributed by atoms with Crippen molar-refractivity contribution in [2.24, 2.45) is 10.8 Å². The highest BCUT2D eigenvalue weighted by atomic mass is 35.5. The number of pyridine rings is 2. The Labute approximate surface area is 828 Å². The average Bonchev–Trinajstić information content (AvgIpc) is 1.56. The van der Waals surface area contributed by atoms with Crippen LogP contribution in [0.25, 0.3) is 21.5 Å². The van der Waals surface area contributed by atoms with E-state index in [9.17, 15) is 95.9 Å². The molecule has 142 heavy (non-hydrogen) atoms. The normalized spacial score (nSPS) is 21.9. The number of hydrogen-bond acceptors (Lipinski definition) is 28. The van der Waals surface area contributed by atoms with Crippen molar-refractivity contribution in [2.75, 3.05) is 50.9 Å². The number of halogens is 2. The first-order valence-electron chi connectivity index (χ1n) is 47.1. The monoisotopic (exact) mass is 2000 g/mol. The fourth-order valence-electron chi connectivity index (χ4n) is 17.8. The number of nitrogens with two attached hydrogens (primary N) is 2. The van der Waals surface area contributed by atoms with Gasteiger partial charge in [-0.05, 0) is 162 Å². The molecule has 12 N–H and O–H groups in total. The van der Waals surface area contributed by atoms with Crippen molar-refractivity contribution >= 4 is 175 Å². The summed E-state index contributed by atoms with van der Waals surface area (Å²) in [6.07, 6.45) is 5.78. The Bertz CT molecular complexity index is 5820. The van der Waals surface area contributed by atoms with E-state index < -0.39 is 167 Å². The van der Waals surface area contributed by atoms with Gasteiger partial charge in [0.05, 0.1) is 46.3 Å². The summed E-state index contributed by atoms with van der Waals surface area (Å²) < 4.78 is 21.1. The van der Waals surface area contributed by atoms with Crippen LogP contribution in [0.1, 0.15) is 214 Å². The summed E-state index contributed by atoms with van der Waals surface area (Å²) in [6.45, 7) is 19.0. The minimum Gasteiger partial charge on any atom is -0.433 e. The van der Waals surface area contributed by atoms with Crippen LogP contribution in [-0.4, -0.2) is 283 Å². The molecule has 0 aliphatic carbocycles. The number of amides is 14. The molecular formula is C98H120Cl2N18O24. The van der Waals surface area contributed by atoms with E-state index >= 15 is 0 Å². The third kappa shape index (κ3) is 27.0. The molecule has 4 aromatic carbocycles. The number of carbonyl (C=O) groups is 20. The van der Waals surface area contributed by atoms with E-state index in [2.05, 4.69) is 52.5 Å². The lowest BCUT2D eigenvalue weighted by atomic mass is 9.85. The van der Waals surface area contributed by atoms with Crippen LogP contribution in [0.4, 0.5) is 11.4 Å². The average molecular weight is 2010 g/mol. The minimum absolute atomic E-state index is 0.00188. The lowest BCUT2D eigenvalue weighted by molar-refractivity contribution is -0.177. The molecule has 0 bridgehead atoms. The van der Waals surface area contributed by atoms with Crippen molar-refractivity contribution < 1.29 is 115 Å². The van der Waals surface area contributed by atoms with Crippen molar-refractivity contribution in [2.45, 2.75) is 257 Å². The Morgan fingerprint density at radius 1 is 0.465 bits per heavy atom. The van der Waals surface area contributed by atoms with Crippen LogP contribution in [0.3, 0.4) is 0 Å². The highest BCUT2D eigenvalue weighted by Crippen LogP contribution is 2.34. The Hall–Kier alpha value is -14.0. The molecule has 14 amide bonds. The highest BCUT2D eigenvalue weighted by molar-refractivity contribution is 6.34. The van der Waals surface area contributed by atoms with E-state index in [0.29, 0.717) is 99.4 Å². The van der Waals surface area contributed by atoms with Crippen LogP contribution in [0.15, 0.2) is 109 Å². The summed E-state index contributed by atoms with van der Waals surface area (Å²) in [7, 11) is 0. The second-order valence-corrected chi connectivity index (χ2v) is 38.4. The van der Waals surface area contributed by atoms with Crippen LogP contribution < -0.4 is 54.0 Å². The molecule has 10 heterocycles. The number of rotatable bonds is 28. The van der Waals surface area contributed by atoms with Crippen LogP contribution in [0.5, 0.6) is 0 Å². The minimum atomic E-state index is -1.06. The molecule has 2 aromatic heterocycles. The molecule has 760 valence electrons. The predicted octanol–water partition coefficient (Wildman–Crippen LogP) is 4.75. The van der Waals surface area contributed by atoms with Gasteiger partial charge in [0.15, 0.2) is 0 Å². The first-order chi connectivity index (χ1) is 67.4. The number of carbonyl (C=O) groups excluding carboxylic acids is 20. The Kier molecular flexibility index (Phi) is 37.0. The molecule has 0 spiro atoms. The summed E-state index contributed by atoms with van der Waals surface area (Å²) in [5.74, 6) is -8.10. The van der Waals surface area contributed by atoms with E-state index in [0.717, 1.165) is 15.8 Å². The standard InChI is InChI=1S/C26H29N5O7.C25H27N5O6.C24H33ClN4O6.C23H31ClN4O5/c1-2-37-26-18(14-21(33)38-26)29-23(34)19-8-5-13-30-20(32)10-9-17(25(36)31(19)30)28-24(35)22-16-7-4-3-6-15(16)11-12-27-22;1-15(32)13-17(14-31)27-23(34)20-7-4-12-29-21(33)9-8-19(25(36)30(20)29)28-24(35)22-18-6-3-2-5-16(18)10-11-26-22;1-5-34-23-16(12-18(30)35-23)27-21(32)17-7-6-10-29(17)22(33)19(24(2,3)4)28-20(31)13-8-9-15(26)14(25)11-13;1-13(30)10-15(12-29)26-21(32)18-6-5-9-28(18)22(33)19(23(2,3)4)27-20(31)14-7-8-17(25)16(24)11-14/h3-4,6-7,11-12,17-19,26H,2,5,8-10,13-14H2,1H3,(H,28,35)(H,29,34);2-3,5-6,10-11,14,17,19-20H,4,7-9,12-13H2,1H3,(H,27,34)(H,28,35);8-9,11,16-17,19,23H,5-7,10,12,26H2,1-4H3,(H,27,32)(H,28,31);7-8,11-12,15,18-19H,5-6,9-10,25H2,1-4H3,(H,26,32)(H,27,31). The summed E-state index contributed by atoms with van der Waals surface area (Å²) in [4.78, 5) is 265. The number of likely N-dealkylation sites (tertiary alicyclic amines) is 2. The van der Waals surface area contributed by atoms with Crippen molar-refractivity contribution in [1.82, 2.24) is 82.3 Å². The van der Waals surface area contributed by atoms with E-state index in [1.807, 2.05) is 65.8 Å². The summed E-state index contributed by atoms with van der Waals surface area (Å²) in [5, 5.41) is 29.9. The molecule has 0 saturated carbocycles. The molecule has 14 unspecified atom stereocenters. The topological polar surface area (TPSA) is 572 Å². The lowest BCUT2D eigenvalue weighted by Crippen LogP contribution is -2.64. The third-order valence-corrected chi connectivity index (χ3v) is 25.6. The smallest absolute Gasteiger partial charge is 0.310 e. The summed E-state index contributed by atoms with van der Waals surface area (Å²) in [6, 6.07) is 16.2. The SMILES string of the molecule is CC(=O)CC(C=O)NC(=O)C1CCCN1C(=O)C(NC(=O)c1ccc(N)c(Cl)c1)C(C)(C)C.CC(=O)CC(C=O)NC(=O)C1CCCN2C(=O)CCC(NC(=O)c3nccc4ccccc34)C(=O)N12.CCOC1OC(=O)CC1NC(=O)C1CCCN1C(=O)C(NC(=O)c1ccc(N)c(Cl)c1)C(C)(C)C.CCOC1OC(=O)CC1NC(=O)C1CCCN2C(=O)CCC(NC(=O)c3nccc4ccccc34)C(=O)N12. The zero-order valence-corrected chi connectivity index (χ0v) is 82.0. The number of hydrogen-bond donors (Lipinski definition) is 10. The number of aromatic nitrogens is 2. The Balaban J connectivity index is 0.000000181. The maximum atomic E-state index is 13.7. The third-order valence-electron chi connectivity index (χ3n) is 24.9. The van der Waals surface area contributed by atoms with Crippen LogP contribution in [-0.2, 0) is 95.7 Å². The number of benzene rings is 4. The first kappa shape index (κ1) is 108. The van der Waals surface area contributed by atoms with Crippen molar-refractivity contribution in [1.29, 1.82) is 0 Å². The van der Waals surface area contributed by atoms with Gasteiger partial charge in [-0.15, -0.1) is 0 Å². The van der Waals surface area contributed by atoms with Crippen LogP contribution in [0.2, 0.25) is 10.0 Å². The molecule has 14 atom stereocenters. The van der Waals surface area contributed by atoms with E-state index in [-0.39, 0.29) is 145 Å². The molecule has 44 heteroatoms. The van der Waals surface area contributed by atoms with E-state index in [1.165, 1.54) is 87.5 Å². The fraction of sp³-hybridized carbons (Fsp3) is 0.490. The maximum absolute atomic E-state index is 13.7. The van der Waals surface area contributed by atoms with Gasteiger partial charge >= 0.3 is 11.9 Å². The zero-order valence-electron chi connectivity index (χ0n) is 80.5. The molecule has 8 aliphatic rings. The zero-order chi connectivity index (χ0) is 103. The largest absolute Gasteiger partial charge is 0.433 e. The molecule has 0 radical (unpaired) electrons. The van der Waals surface area contributed by atoms with Crippen molar-refractivity contribution in [3.05, 3.63) is 142 Å². The van der Waals surface area contributed by atoms with Gasteiger partial charge in [-0.25, -0.2) is 10.0 Å². The lowest BCUT2D eigenvalue weighted by Gasteiger charge is -2.43. The number of esters is 2. The number of nitrogen functional groups attached to an aromatic ring is 2. The van der Waals surface area contributed by atoms with Crippen LogP contribution >= 0.6 is 23.2 Å². The number of ketones is 2. The van der Waals surface area contributed by atoms with Gasteiger partial charge in [0.1, 0.15) is 95.9 Å². The van der Waals surface area contributed by atoms with Gasteiger partial charge in [-0.2, -0.15) is 0 Å². The number of ether oxygens (including phenoxy) is 4. The number of aldehydes is 2. The number of hydrazine groups is 2. The summed E-state index contributed by atoms with van der Waals surface area (Å²) >= 11 is 12.1. The van der Waals surface area contributed by atoms with Gasteiger partial charge in [-0.1, -0.05) is 113 Å². The number of cyclic esters (lactones) is 2. The number of anilines is 2. The number of Topliss-reactive ketones (excluding diaryl/α,β-unsaturated/α-hetero) is 2. The van der Waals surface area contributed by atoms with Crippen LogP contribution in [0, 0.1) is 10.8 Å². The van der Waals surface area contributed by atoms with Crippen molar-refractivity contribution in [3.8, 4) is 0 Å². The summed E-state index contributed by atoms with van der Waals surface area (Å²) in [5.41, 5.74) is 11.7. The molecule has 14 rings (SSSR count). The number of nitrogens with zero attached hydrogens (tertiary/aromatic N) is 8. The Morgan fingerprint density at radius 3 is 1.20 bits per heavy atom. The predicted molar refractivity (Wildman–Crippen MR) is 513 cm³/mol. The molecule has 42 nitrogen and oxygen atoms in total. The second kappa shape index (κ2) is 48.4. The van der Waals surface area contributed by atoms with Gasteiger partial charge in [0, 0.05) is 99.4 Å². The Morgan fingerprint density at radius 2 is 0.824 bits per heavy atom. The molecule has 8 fully saturated rings. The van der Waals surface area contributed by atoms with Gasteiger partial charge in [0.25, 0.3) is 35.4 Å². The van der Waals surface area contributed by atoms with Gasteiger partial charge in [0.2, 0.25) is 59.8 Å². The number of nitrogens with one attached hydrogen (secondary N) is 8. The van der Waals surface area contributed by atoms with Gasteiger partial charge < -0.3 is 92.3 Å². The van der Waals surface area contributed by atoms with E-state index in [4.69, 9.17) is 53.6 Å². The maximum Gasteiger partial charge on any atom is 0.310 e. The quantitative estimate of drug-likeness (QED) is 0.0180. The number of fused-ring (bicyclic) bond motifs is 4. The highest BCUT2D eigenvalue weighted by Gasteiger charge is 2.51. The van der Waals surface area contributed by atoms with Gasteiger partial charge in [-0.3, -0.25) is 106 Å². The first-order valence-corrected chi connectivity index (χ1v) is 47.8. The molecule has 8 aliphatic heterocycles. The fourth-order valence-corrected chi connectivity index (χ4v) is 18.2. The van der Waals surface area contributed by atoms with E-state index in [1.54, 1.807) is 50.2 Å². The molecule has 8 saturated heterocycles. The van der Waals surface area contributed by atoms with Crippen molar-refractivity contribution in [3.63, 3.8) is 0 Å². The second-order valence-electron chi connectivity index (χ2n) is 37.6. The molecule has 6 aromatic rings.